The third-order valence-corrected chi connectivity index (χ3v) is 3.33. The number of hydrogen-bond acceptors (Lipinski definition) is 2. The maximum Gasteiger partial charge on any atom is 0.416 e. The fraction of sp³-hybridized carbons (Fsp3) is 0.188. The molecule has 0 radical (unpaired) electrons. The summed E-state index contributed by atoms with van der Waals surface area (Å²) in [7, 11) is 0. The molecule has 0 aliphatic rings. The molecule has 2 aromatic carbocycles. The Morgan fingerprint density at radius 2 is 1.52 bits per heavy atom. The van der Waals surface area contributed by atoms with E-state index in [4.69, 9.17) is 5.26 Å². The first-order chi connectivity index (χ1) is 9.75. The van der Waals surface area contributed by atoms with Crippen LogP contribution in [0.25, 0.3) is 0 Å². The lowest BCUT2D eigenvalue weighted by atomic mass is 9.87. The zero-order chi connectivity index (χ0) is 15.7. The maximum atomic E-state index is 12.5. The van der Waals surface area contributed by atoms with Crippen LogP contribution in [0.2, 0.25) is 0 Å². The molecule has 1 atom stereocenters. The first-order valence-corrected chi connectivity index (χ1v) is 6.16. The van der Waals surface area contributed by atoms with Gasteiger partial charge in [0.2, 0.25) is 0 Å². The summed E-state index contributed by atoms with van der Waals surface area (Å²) >= 11 is 0. The highest BCUT2D eigenvalue weighted by Crippen LogP contribution is 2.33. The van der Waals surface area contributed by atoms with Crippen LogP contribution in [0.1, 0.15) is 29.2 Å². The fourth-order valence-corrected chi connectivity index (χ4v) is 2.04. The highest BCUT2D eigenvalue weighted by Gasteiger charge is 2.32. The van der Waals surface area contributed by atoms with E-state index in [2.05, 4.69) is 0 Å². The van der Waals surface area contributed by atoms with Gasteiger partial charge in [-0.2, -0.15) is 18.4 Å². The van der Waals surface area contributed by atoms with Crippen molar-refractivity contribution in [1.82, 2.24) is 0 Å². The van der Waals surface area contributed by atoms with Crippen LogP contribution in [0.3, 0.4) is 0 Å². The quantitative estimate of drug-likeness (QED) is 0.913. The molecule has 0 spiro atoms. The van der Waals surface area contributed by atoms with E-state index in [0.717, 1.165) is 12.1 Å². The Hall–Kier alpha value is -2.32. The van der Waals surface area contributed by atoms with E-state index in [9.17, 15) is 18.3 Å². The number of alkyl halides is 3. The summed E-state index contributed by atoms with van der Waals surface area (Å²) in [5, 5.41) is 19.4. The molecule has 5 heteroatoms. The smallest absolute Gasteiger partial charge is 0.381 e. The minimum atomic E-state index is -4.41. The monoisotopic (exact) mass is 291 g/mol. The van der Waals surface area contributed by atoms with Gasteiger partial charge in [0.1, 0.15) is 5.60 Å². The van der Waals surface area contributed by atoms with Crippen molar-refractivity contribution in [3.05, 3.63) is 70.8 Å². The molecule has 0 aliphatic carbocycles. The van der Waals surface area contributed by atoms with Crippen LogP contribution in [0, 0.1) is 11.3 Å². The molecule has 1 unspecified atom stereocenters. The summed E-state index contributed by atoms with van der Waals surface area (Å²) in [5.41, 5.74) is -1.10. The van der Waals surface area contributed by atoms with Gasteiger partial charge in [-0.1, -0.05) is 24.3 Å². The van der Waals surface area contributed by atoms with Gasteiger partial charge in [0, 0.05) is 0 Å². The summed E-state index contributed by atoms with van der Waals surface area (Å²) in [6, 6.07) is 12.6. The number of aliphatic hydroxyl groups is 1. The summed E-state index contributed by atoms with van der Waals surface area (Å²) in [5.74, 6) is 0. The number of benzene rings is 2. The molecule has 0 aromatic heterocycles. The largest absolute Gasteiger partial charge is 0.416 e. The van der Waals surface area contributed by atoms with Gasteiger partial charge in [0.05, 0.1) is 17.2 Å². The Morgan fingerprint density at radius 1 is 0.952 bits per heavy atom. The molecule has 0 amide bonds. The highest BCUT2D eigenvalue weighted by molar-refractivity contribution is 5.41. The molecule has 2 nitrogen and oxygen atoms in total. The van der Waals surface area contributed by atoms with E-state index in [1.165, 1.54) is 25.1 Å². The minimum absolute atomic E-state index is 0.325. The first-order valence-electron chi connectivity index (χ1n) is 6.16. The van der Waals surface area contributed by atoms with Crippen molar-refractivity contribution in [3.8, 4) is 6.07 Å². The Bertz CT molecular complexity index is 682. The molecule has 1 N–H and O–H groups in total. The van der Waals surface area contributed by atoms with Crippen molar-refractivity contribution in [2.75, 3.05) is 0 Å². The van der Waals surface area contributed by atoms with Crippen molar-refractivity contribution in [3.63, 3.8) is 0 Å². The van der Waals surface area contributed by atoms with Crippen LogP contribution >= 0.6 is 0 Å². The first kappa shape index (κ1) is 15.1. The van der Waals surface area contributed by atoms with Crippen LogP contribution in [0.5, 0.6) is 0 Å². The average Bonchev–Trinajstić information content (AvgIpc) is 2.46. The second-order valence-corrected chi connectivity index (χ2v) is 4.84. The van der Waals surface area contributed by atoms with Crippen molar-refractivity contribution in [2.45, 2.75) is 18.7 Å². The van der Waals surface area contributed by atoms with Gasteiger partial charge < -0.3 is 5.11 Å². The van der Waals surface area contributed by atoms with Crippen LogP contribution in [0.15, 0.2) is 48.5 Å². The molecule has 0 saturated heterocycles. The van der Waals surface area contributed by atoms with Gasteiger partial charge in [-0.25, -0.2) is 0 Å². The number of nitriles is 1. The number of nitrogens with zero attached hydrogens (tertiary/aromatic N) is 1. The highest BCUT2D eigenvalue weighted by atomic mass is 19.4. The molecule has 0 heterocycles. The zero-order valence-electron chi connectivity index (χ0n) is 11.1. The summed E-state index contributed by atoms with van der Waals surface area (Å²) in [4.78, 5) is 0. The third kappa shape index (κ3) is 3.06. The van der Waals surface area contributed by atoms with Gasteiger partial charge in [-0.3, -0.25) is 0 Å². The predicted octanol–water partition coefficient (Wildman–Crippen LogP) is 3.83. The maximum absolute atomic E-state index is 12.5. The van der Waals surface area contributed by atoms with Crippen LogP contribution in [-0.2, 0) is 11.8 Å². The SMILES string of the molecule is CC(O)(c1ccc(C(F)(F)F)cc1)c1cccc(C#N)c1. The lowest BCUT2D eigenvalue weighted by molar-refractivity contribution is -0.137. The van der Waals surface area contributed by atoms with Gasteiger partial charge in [0.25, 0.3) is 0 Å². The minimum Gasteiger partial charge on any atom is -0.381 e. The fourth-order valence-electron chi connectivity index (χ4n) is 2.04. The van der Waals surface area contributed by atoms with Gasteiger partial charge >= 0.3 is 6.18 Å². The molecule has 108 valence electrons. The normalized spacial score (nSPS) is 14.3. The predicted molar refractivity (Wildman–Crippen MR) is 71.3 cm³/mol. The number of halogens is 3. The molecule has 0 fully saturated rings. The second-order valence-electron chi connectivity index (χ2n) is 4.84. The molecule has 0 saturated carbocycles. The van der Waals surface area contributed by atoms with E-state index in [1.54, 1.807) is 18.2 Å². The summed E-state index contributed by atoms with van der Waals surface area (Å²) < 4.78 is 37.6. The average molecular weight is 291 g/mol. The molecular weight excluding hydrogens is 279 g/mol. The van der Waals surface area contributed by atoms with Crippen LogP contribution < -0.4 is 0 Å². The van der Waals surface area contributed by atoms with Crippen LogP contribution in [0.4, 0.5) is 13.2 Å². The molecule has 2 rings (SSSR count). The molecular formula is C16H12F3NO. The Balaban J connectivity index is 2.41. The van der Waals surface area contributed by atoms with Crippen molar-refractivity contribution >= 4 is 0 Å². The number of rotatable bonds is 2. The zero-order valence-corrected chi connectivity index (χ0v) is 11.1. The molecule has 2 aromatic rings. The van der Waals surface area contributed by atoms with E-state index in [-0.39, 0.29) is 0 Å². The van der Waals surface area contributed by atoms with Crippen molar-refractivity contribution in [1.29, 1.82) is 5.26 Å². The van der Waals surface area contributed by atoms with E-state index in [0.29, 0.717) is 16.7 Å². The molecule has 0 bridgehead atoms. The lowest BCUT2D eigenvalue weighted by Gasteiger charge is -2.25. The van der Waals surface area contributed by atoms with Crippen LogP contribution in [-0.4, -0.2) is 5.11 Å². The lowest BCUT2D eigenvalue weighted by Crippen LogP contribution is -2.23. The van der Waals surface area contributed by atoms with Gasteiger partial charge in [-0.05, 0) is 42.3 Å². The third-order valence-electron chi connectivity index (χ3n) is 3.33. The Labute approximate surface area is 120 Å². The summed E-state index contributed by atoms with van der Waals surface area (Å²) in [6.07, 6.45) is -4.41. The van der Waals surface area contributed by atoms with Gasteiger partial charge in [0.15, 0.2) is 0 Å². The van der Waals surface area contributed by atoms with Crippen molar-refractivity contribution in [2.24, 2.45) is 0 Å². The second kappa shape index (κ2) is 5.23. The Kier molecular flexibility index (Phi) is 3.75. The Morgan fingerprint density at radius 3 is 2.05 bits per heavy atom. The molecule has 0 aliphatic heterocycles. The number of hydrogen-bond donors (Lipinski definition) is 1. The van der Waals surface area contributed by atoms with Gasteiger partial charge in [-0.15, -0.1) is 0 Å². The standard InChI is InChI=1S/C16H12F3NO/c1-15(21,14-4-2-3-11(9-14)10-20)12-5-7-13(8-6-12)16(17,18)19/h2-9,21H,1H3. The molecule has 21 heavy (non-hydrogen) atoms. The van der Waals surface area contributed by atoms with Crippen molar-refractivity contribution < 1.29 is 18.3 Å². The van der Waals surface area contributed by atoms with E-state index < -0.39 is 17.3 Å². The van der Waals surface area contributed by atoms with E-state index >= 15 is 0 Å². The summed E-state index contributed by atoms with van der Waals surface area (Å²) in [6.45, 7) is 1.48. The van der Waals surface area contributed by atoms with E-state index in [1.807, 2.05) is 6.07 Å². The topological polar surface area (TPSA) is 44.0 Å².